The standard InChI is InChI=1S/C19H30N4O4/c1-4-10-22-17-15(18(24)23(11-5-2)19(22)25)20-16(21-17)13-6-8-14(9-7-13)27-12-26-3/h13-14H,4-12H2,1-3H3,(H,20,21). The first-order valence-corrected chi connectivity index (χ1v) is 9.94. The molecule has 8 nitrogen and oxygen atoms in total. The monoisotopic (exact) mass is 378 g/mol. The molecule has 1 aliphatic carbocycles. The van der Waals surface area contributed by atoms with Gasteiger partial charge in [-0.1, -0.05) is 13.8 Å². The molecule has 0 radical (unpaired) electrons. The molecule has 2 heterocycles. The fourth-order valence-corrected chi connectivity index (χ4v) is 3.89. The minimum absolute atomic E-state index is 0.214. The van der Waals surface area contributed by atoms with Crippen LogP contribution < -0.4 is 11.2 Å². The molecule has 2 aromatic heterocycles. The average molecular weight is 378 g/mol. The first-order chi connectivity index (χ1) is 13.1. The topological polar surface area (TPSA) is 91.1 Å². The van der Waals surface area contributed by atoms with E-state index in [1.807, 2.05) is 13.8 Å². The summed E-state index contributed by atoms with van der Waals surface area (Å²) in [4.78, 5) is 33.5. The van der Waals surface area contributed by atoms with E-state index in [2.05, 4.69) is 4.98 Å². The quantitative estimate of drug-likeness (QED) is 0.712. The van der Waals surface area contributed by atoms with E-state index in [1.165, 1.54) is 4.57 Å². The maximum atomic E-state index is 12.8. The van der Waals surface area contributed by atoms with Gasteiger partial charge in [-0.3, -0.25) is 13.9 Å². The molecule has 0 aromatic carbocycles. The van der Waals surface area contributed by atoms with E-state index in [-0.39, 0.29) is 23.3 Å². The summed E-state index contributed by atoms with van der Waals surface area (Å²) in [5, 5.41) is 0. The summed E-state index contributed by atoms with van der Waals surface area (Å²) >= 11 is 0. The molecule has 27 heavy (non-hydrogen) atoms. The molecule has 0 saturated heterocycles. The zero-order valence-electron chi connectivity index (χ0n) is 16.5. The third kappa shape index (κ3) is 4.01. The number of nitrogens with one attached hydrogen (secondary N) is 1. The van der Waals surface area contributed by atoms with Gasteiger partial charge in [-0.25, -0.2) is 9.78 Å². The van der Waals surface area contributed by atoms with E-state index in [1.54, 1.807) is 11.7 Å². The molecule has 1 aliphatic rings. The first kappa shape index (κ1) is 19.8. The van der Waals surface area contributed by atoms with E-state index in [9.17, 15) is 9.59 Å². The lowest BCUT2D eigenvalue weighted by atomic mass is 9.87. The number of aromatic nitrogens is 4. The van der Waals surface area contributed by atoms with Gasteiger partial charge < -0.3 is 14.5 Å². The zero-order valence-corrected chi connectivity index (χ0v) is 16.5. The number of rotatable bonds is 8. The number of H-pyrrole nitrogens is 1. The highest BCUT2D eigenvalue weighted by Crippen LogP contribution is 2.33. The SMILES string of the molecule is CCCn1c(=O)c2[nH]c(C3CCC(OCOC)CC3)nc2n(CCC)c1=O. The predicted octanol–water partition coefficient (Wildman–Crippen LogP) is 2.35. The van der Waals surface area contributed by atoms with Crippen LogP contribution in [0.2, 0.25) is 0 Å². The fraction of sp³-hybridized carbons (Fsp3) is 0.737. The molecule has 0 bridgehead atoms. The second-order valence-corrected chi connectivity index (χ2v) is 7.26. The first-order valence-electron chi connectivity index (χ1n) is 9.94. The van der Waals surface area contributed by atoms with Crippen molar-refractivity contribution in [1.29, 1.82) is 0 Å². The Balaban J connectivity index is 1.93. The number of hydrogen-bond acceptors (Lipinski definition) is 5. The van der Waals surface area contributed by atoms with Gasteiger partial charge in [0.2, 0.25) is 0 Å². The third-order valence-corrected chi connectivity index (χ3v) is 5.26. The van der Waals surface area contributed by atoms with Crippen molar-refractivity contribution in [2.75, 3.05) is 13.9 Å². The van der Waals surface area contributed by atoms with Gasteiger partial charge in [-0.2, -0.15) is 0 Å². The smallest absolute Gasteiger partial charge is 0.332 e. The van der Waals surface area contributed by atoms with E-state index in [4.69, 9.17) is 14.5 Å². The minimum Gasteiger partial charge on any atom is -0.359 e. The van der Waals surface area contributed by atoms with Crippen LogP contribution in [0.1, 0.15) is 64.1 Å². The van der Waals surface area contributed by atoms with Crippen molar-refractivity contribution < 1.29 is 9.47 Å². The second kappa shape index (κ2) is 8.84. The molecule has 1 fully saturated rings. The number of imidazole rings is 1. The summed E-state index contributed by atoms with van der Waals surface area (Å²) in [6, 6.07) is 0. The largest absolute Gasteiger partial charge is 0.359 e. The molecule has 0 spiro atoms. The van der Waals surface area contributed by atoms with Crippen molar-refractivity contribution >= 4 is 11.2 Å². The molecule has 150 valence electrons. The summed E-state index contributed by atoms with van der Waals surface area (Å²) in [5.74, 6) is 1.06. The van der Waals surface area contributed by atoms with Crippen LogP contribution >= 0.6 is 0 Å². The second-order valence-electron chi connectivity index (χ2n) is 7.26. The Bertz CT molecular complexity index is 874. The normalized spacial score (nSPS) is 20.4. The Morgan fingerprint density at radius 2 is 1.74 bits per heavy atom. The number of methoxy groups -OCH3 is 1. The number of aromatic amines is 1. The Labute approximate surface area is 158 Å². The van der Waals surface area contributed by atoms with Crippen LogP contribution in [0.3, 0.4) is 0 Å². The van der Waals surface area contributed by atoms with Crippen LogP contribution in [0.4, 0.5) is 0 Å². The van der Waals surface area contributed by atoms with Crippen molar-refractivity contribution in [2.24, 2.45) is 0 Å². The van der Waals surface area contributed by atoms with Gasteiger partial charge in [-0.05, 0) is 38.5 Å². The maximum Gasteiger partial charge on any atom is 0.332 e. The van der Waals surface area contributed by atoms with Gasteiger partial charge in [0.1, 0.15) is 18.1 Å². The number of hydrogen-bond donors (Lipinski definition) is 1. The summed E-state index contributed by atoms with van der Waals surface area (Å²) in [6.07, 6.45) is 5.51. The zero-order chi connectivity index (χ0) is 19.4. The van der Waals surface area contributed by atoms with Crippen LogP contribution in [0.25, 0.3) is 11.2 Å². The highest BCUT2D eigenvalue weighted by Gasteiger charge is 2.26. The molecule has 8 heteroatoms. The van der Waals surface area contributed by atoms with Gasteiger partial charge >= 0.3 is 5.69 Å². The number of ether oxygens (including phenoxy) is 2. The van der Waals surface area contributed by atoms with E-state index >= 15 is 0 Å². The summed E-state index contributed by atoms with van der Waals surface area (Å²) in [7, 11) is 1.63. The molecule has 0 amide bonds. The predicted molar refractivity (Wildman–Crippen MR) is 103 cm³/mol. The number of fused-ring (bicyclic) bond motifs is 1. The number of aryl methyl sites for hydroxylation is 1. The Kier molecular flexibility index (Phi) is 6.49. The molecule has 0 aliphatic heterocycles. The third-order valence-electron chi connectivity index (χ3n) is 5.26. The molecule has 3 rings (SSSR count). The van der Waals surface area contributed by atoms with E-state index in [0.29, 0.717) is 31.0 Å². The van der Waals surface area contributed by atoms with Gasteiger partial charge in [0.05, 0.1) is 6.10 Å². The van der Waals surface area contributed by atoms with Gasteiger partial charge in [-0.15, -0.1) is 0 Å². The molecule has 1 saturated carbocycles. The van der Waals surface area contributed by atoms with Crippen molar-refractivity contribution in [3.05, 3.63) is 26.7 Å². The molecule has 0 atom stereocenters. The lowest BCUT2D eigenvalue weighted by Gasteiger charge is -2.27. The summed E-state index contributed by atoms with van der Waals surface area (Å²) in [5.41, 5.74) is 0.419. The van der Waals surface area contributed by atoms with Crippen LogP contribution in [0, 0.1) is 0 Å². The van der Waals surface area contributed by atoms with Crippen molar-refractivity contribution in [2.45, 2.75) is 77.5 Å². The van der Waals surface area contributed by atoms with E-state index < -0.39 is 0 Å². The van der Waals surface area contributed by atoms with Gasteiger partial charge in [0.15, 0.2) is 5.65 Å². The Morgan fingerprint density at radius 3 is 2.37 bits per heavy atom. The lowest BCUT2D eigenvalue weighted by Crippen LogP contribution is -2.40. The highest BCUT2D eigenvalue weighted by molar-refractivity contribution is 5.70. The minimum atomic E-state index is -0.264. The molecule has 1 N–H and O–H groups in total. The average Bonchev–Trinajstić information content (AvgIpc) is 3.13. The molecule has 0 unspecified atom stereocenters. The van der Waals surface area contributed by atoms with Crippen LogP contribution in [-0.2, 0) is 22.6 Å². The maximum absolute atomic E-state index is 12.8. The van der Waals surface area contributed by atoms with Gasteiger partial charge in [0, 0.05) is 26.1 Å². The number of nitrogens with zero attached hydrogens (tertiary/aromatic N) is 3. The Hall–Kier alpha value is -1.93. The Morgan fingerprint density at radius 1 is 1.07 bits per heavy atom. The molecule has 2 aromatic rings. The van der Waals surface area contributed by atoms with Gasteiger partial charge in [0.25, 0.3) is 5.56 Å². The summed E-state index contributed by atoms with van der Waals surface area (Å²) in [6.45, 7) is 5.28. The van der Waals surface area contributed by atoms with E-state index in [0.717, 1.165) is 44.3 Å². The van der Waals surface area contributed by atoms with Crippen molar-refractivity contribution in [3.8, 4) is 0 Å². The molecular formula is C19H30N4O4. The van der Waals surface area contributed by atoms with Crippen LogP contribution in [0.5, 0.6) is 0 Å². The lowest BCUT2D eigenvalue weighted by molar-refractivity contribution is -0.0834. The van der Waals surface area contributed by atoms with Crippen molar-refractivity contribution in [1.82, 2.24) is 19.1 Å². The highest BCUT2D eigenvalue weighted by atomic mass is 16.7. The fourth-order valence-electron chi connectivity index (χ4n) is 3.89. The van der Waals surface area contributed by atoms with Crippen LogP contribution in [-0.4, -0.2) is 39.1 Å². The summed E-state index contributed by atoms with van der Waals surface area (Å²) < 4.78 is 13.6. The molecular weight excluding hydrogens is 348 g/mol. The van der Waals surface area contributed by atoms with Crippen molar-refractivity contribution in [3.63, 3.8) is 0 Å². The van der Waals surface area contributed by atoms with Crippen LogP contribution in [0.15, 0.2) is 9.59 Å².